The van der Waals surface area contributed by atoms with E-state index in [1.807, 2.05) is 25.1 Å². The molecule has 30 heavy (non-hydrogen) atoms. The van der Waals surface area contributed by atoms with Crippen LogP contribution < -0.4 is 20.1 Å². The molecule has 2 aliphatic heterocycles. The summed E-state index contributed by atoms with van der Waals surface area (Å²) in [7, 11) is 0. The number of carbonyl (C=O) groups is 2. The first-order valence-corrected chi connectivity index (χ1v) is 10.3. The summed E-state index contributed by atoms with van der Waals surface area (Å²) in [6, 6.07) is 10.5. The Morgan fingerprint density at radius 2 is 1.83 bits per heavy atom. The molecule has 1 atom stereocenters. The van der Waals surface area contributed by atoms with Crippen LogP contribution in [0.2, 0.25) is 0 Å². The van der Waals surface area contributed by atoms with Crippen molar-refractivity contribution in [3.63, 3.8) is 0 Å². The number of ether oxygens (including phenoxy) is 2. The normalized spacial score (nSPS) is 17.8. The predicted octanol–water partition coefficient (Wildman–Crippen LogP) is 2.53. The highest BCUT2D eigenvalue weighted by Crippen LogP contribution is 2.32. The number of hydrogen-bond donors (Lipinski definition) is 2. The molecule has 1 aromatic heterocycles. The summed E-state index contributed by atoms with van der Waals surface area (Å²) in [5.74, 6) is 1.74. The van der Waals surface area contributed by atoms with Crippen LogP contribution in [0, 0.1) is 5.92 Å². The lowest BCUT2D eigenvalue weighted by atomic mass is 9.95. The minimum atomic E-state index is -0.294. The van der Waals surface area contributed by atoms with Gasteiger partial charge in [-0.25, -0.2) is 4.98 Å². The van der Waals surface area contributed by atoms with Gasteiger partial charge in [-0.05, 0) is 57.1 Å². The molecule has 0 spiro atoms. The maximum Gasteiger partial charge on any atom is 0.241 e. The summed E-state index contributed by atoms with van der Waals surface area (Å²) in [5, 5.41) is 5.82. The molecular formula is C22H26N4O4. The molecule has 2 aromatic rings. The number of anilines is 2. The number of pyridine rings is 1. The molecule has 0 bridgehead atoms. The lowest BCUT2D eigenvalue weighted by Gasteiger charge is -2.34. The van der Waals surface area contributed by atoms with E-state index < -0.39 is 0 Å². The van der Waals surface area contributed by atoms with Crippen LogP contribution in [-0.4, -0.2) is 54.0 Å². The lowest BCUT2D eigenvalue weighted by Crippen LogP contribution is -2.47. The van der Waals surface area contributed by atoms with Crippen molar-refractivity contribution in [1.82, 2.24) is 9.88 Å². The van der Waals surface area contributed by atoms with Gasteiger partial charge in [-0.15, -0.1) is 0 Å². The second-order valence-corrected chi connectivity index (χ2v) is 7.54. The third-order valence-corrected chi connectivity index (χ3v) is 5.55. The van der Waals surface area contributed by atoms with E-state index in [0.717, 1.165) is 0 Å². The Hall–Kier alpha value is -3.13. The van der Waals surface area contributed by atoms with Crippen LogP contribution in [0.1, 0.15) is 19.8 Å². The molecule has 0 aliphatic carbocycles. The minimum absolute atomic E-state index is 0.0123. The van der Waals surface area contributed by atoms with Crippen LogP contribution in [0.4, 0.5) is 11.5 Å². The van der Waals surface area contributed by atoms with Gasteiger partial charge >= 0.3 is 0 Å². The summed E-state index contributed by atoms with van der Waals surface area (Å²) >= 11 is 0. The fraction of sp³-hybridized carbons (Fsp3) is 0.409. The first-order chi connectivity index (χ1) is 14.6. The molecule has 0 saturated carbocycles. The zero-order valence-corrected chi connectivity index (χ0v) is 17.0. The van der Waals surface area contributed by atoms with Gasteiger partial charge < -0.3 is 20.1 Å². The topological polar surface area (TPSA) is 92.8 Å². The number of benzene rings is 1. The number of hydrogen-bond acceptors (Lipinski definition) is 6. The SMILES string of the molecule is CC(C(=O)Nc1ccc2c(c1)OCCO2)N1CCC(C(=O)Nc2ccccn2)CC1. The molecule has 1 saturated heterocycles. The van der Waals surface area contributed by atoms with Crippen LogP contribution >= 0.6 is 0 Å². The fourth-order valence-electron chi connectivity index (χ4n) is 3.75. The van der Waals surface area contributed by atoms with Crippen molar-refractivity contribution in [1.29, 1.82) is 0 Å². The molecule has 2 amide bonds. The van der Waals surface area contributed by atoms with E-state index in [0.29, 0.717) is 62.1 Å². The molecule has 2 aliphatic rings. The van der Waals surface area contributed by atoms with E-state index in [-0.39, 0.29) is 23.8 Å². The Morgan fingerprint density at radius 1 is 1.07 bits per heavy atom. The summed E-state index contributed by atoms with van der Waals surface area (Å²) in [6.45, 7) is 4.31. The van der Waals surface area contributed by atoms with Crippen LogP contribution in [0.15, 0.2) is 42.6 Å². The first-order valence-electron chi connectivity index (χ1n) is 10.3. The molecule has 8 heteroatoms. The smallest absolute Gasteiger partial charge is 0.241 e. The Balaban J connectivity index is 1.28. The number of aromatic nitrogens is 1. The molecule has 4 rings (SSSR count). The standard InChI is InChI=1S/C22H26N4O4/c1-15(21(27)24-17-5-6-18-19(14-17)30-13-12-29-18)26-10-7-16(8-11-26)22(28)25-20-4-2-3-9-23-20/h2-6,9,14-16H,7-8,10-13H2,1H3,(H,24,27)(H,23,25,28). The van der Waals surface area contributed by atoms with Crippen molar-refractivity contribution in [2.75, 3.05) is 36.9 Å². The Labute approximate surface area is 175 Å². The second kappa shape index (κ2) is 9.13. The van der Waals surface area contributed by atoms with Gasteiger partial charge in [-0.3, -0.25) is 14.5 Å². The number of rotatable bonds is 5. The van der Waals surface area contributed by atoms with Gasteiger partial charge in [0.25, 0.3) is 0 Å². The third-order valence-electron chi connectivity index (χ3n) is 5.55. The molecule has 1 aromatic carbocycles. The summed E-state index contributed by atoms with van der Waals surface area (Å²) in [4.78, 5) is 31.4. The average molecular weight is 410 g/mol. The number of likely N-dealkylation sites (tertiary alicyclic amines) is 1. The number of carbonyl (C=O) groups excluding carboxylic acids is 2. The van der Waals surface area contributed by atoms with Crippen molar-refractivity contribution in [2.45, 2.75) is 25.8 Å². The largest absolute Gasteiger partial charge is 0.486 e. The Morgan fingerprint density at radius 3 is 2.57 bits per heavy atom. The molecule has 1 fully saturated rings. The lowest BCUT2D eigenvalue weighted by molar-refractivity contribution is -0.123. The fourth-order valence-corrected chi connectivity index (χ4v) is 3.75. The number of fused-ring (bicyclic) bond motifs is 1. The van der Waals surface area contributed by atoms with E-state index in [1.165, 1.54) is 0 Å². The predicted molar refractivity (Wildman–Crippen MR) is 113 cm³/mol. The summed E-state index contributed by atoms with van der Waals surface area (Å²) in [5.41, 5.74) is 0.681. The highest BCUT2D eigenvalue weighted by Gasteiger charge is 2.30. The molecule has 0 radical (unpaired) electrons. The molecule has 8 nitrogen and oxygen atoms in total. The van der Waals surface area contributed by atoms with E-state index in [1.54, 1.807) is 24.4 Å². The zero-order chi connectivity index (χ0) is 20.9. The zero-order valence-electron chi connectivity index (χ0n) is 17.0. The van der Waals surface area contributed by atoms with Gasteiger partial charge in [0.05, 0.1) is 6.04 Å². The molecular weight excluding hydrogens is 384 g/mol. The van der Waals surface area contributed by atoms with Crippen molar-refractivity contribution in [2.24, 2.45) is 5.92 Å². The van der Waals surface area contributed by atoms with E-state index >= 15 is 0 Å². The maximum atomic E-state index is 12.7. The number of nitrogens with zero attached hydrogens (tertiary/aromatic N) is 2. The van der Waals surface area contributed by atoms with Crippen molar-refractivity contribution >= 4 is 23.3 Å². The van der Waals surface area contributed by atoms with Gasteiger partial charge in [-0.2, -0.15) is 0 Å². The second-order valence-electron chi connectivity index (χ2n) is 7.54. The van der Waals surface area contributed by atoms with Crippen LogP contribution in [0.3, 0.4) is 0 Å². The molecule has 3 heterocycles. The number of nitrogens with one attached hydrogen (secondary N) is 2. The monoisotopic (exact) mass is 410 g/mol. The van der Waals surface area contributed by atoms with Crippen molar-refractivity contribution < 1.29 is 19.1 Å². The van der Waals surface area contributed by atoms with Crippen molar-refractivity contribution in [3.8, 4) is 11.5 Å². The first kappa shape index (κ1) is 20.2. The highest BCUT2D eigenvalue weighted by atomic mass is 16.6. The number of piperidine rings is 1. The van der Waals surface area contributed by atoms with Crippen LogP contribution in [-0.2, 0) is 9.59 Å². The van der Waals surface area contributed by atoms with Gasteiger partial charge in [0.1, 0.15) is 19.0 Å². The van der Waals surface area contributed by atoms with E-state index in [4.69, 9.17) is 9.47 Å². The van der Waals surface area contributed by atoms with Crippen LogP contribution in [0.5, 0.6) is 11.5 Å². The van der Waals surface area contributed by atoms with Crippen LogP contribution in [0.25, 0.3) is 0 Å². The highest BCUT2D eigenvalue weighted by molar-refractivity contribution is 5.95. The molecule has 1 unspecified atom stereocenters. The Bertz CT molecular complexity index is 897. The van der Waals surface area contributed by atoms with Gasteiger partial charge in [0.2, 0.25) is 11.8 Å². The summed E-state index contributed by atoms with van der Waals surface area (Å²) < 4.78 is 11.1. The van der Waals surface area contributed by atoms with Crippen molar-refractivity contribution in [3.05, 3.63) is 42.6 Å². The third kappa shape index (κ3) is 4.71. The molecule has 2 N–H and O–H groups in total. The minimum Gasteiger partial charge on any atom is -0.486 e. The maximum absolute atomic E-state index is 12.7. The average Bonchev–Trinajstić information content (AvgIpc) is 2.79. The summed E-state index contributed by atoms with van der Waals surface area (Å²) in [6.07, 6.45) is 3.07. The Kier molecular flexibility index (Phi) is 6.13. The quantitative estimate of drug-likeness (QED) is 0.787. The van der Waals surface area contributed by atoms with Gasteiger partial charge in [-0.1, -0.05) is 6.07 Å². The van der Waals surface area contributed by atoms with Gasteiger partial charge in [0, 0.05) is 23.9 Å². The number of amides is 2. The molecule has 158 valence electrons. The van der Waals surface area contributed by atoms with E-state index in [2.05, 4.69) is 20.5 Å². The van der Waals surface area contributed by atoms with Gasteiger partial charge in [0.15, 0.2) is 11.5 Å². The van der Waals surface area contributed by atoms with E-state index in [9.17, 15) is 9.59 Å².